The predicted molar refractivity (Wildman–Crippen MR) is 119 cm³/mol. The first-order valence-corrected chi connectivity index (χ1v) is 10.6. The minimum absolute atomic E-state index is 0.106. The Labute approximate surface area is 173 Å². The number of rotatable bonds is 7. The van der Waals surface area contributed by atoms with Crippen LogP contribution in [0.1, 0.15) is 11.1 Å². The van der Waals surface area contributed by atoms with Crippen LogP contribution in [0.5, 0.6) is 5.75 Å². The highest BCUT2D eigenvalue weighted by Gasteiger charge is 2.16. The molecule has 0 spiro atoms. The first-order chi connectivity index (χ1) is 14.1. The van der Waals surface area contributed by atoms with Crippen LogP contribution in [0.3, 0.4) is 0 Å². The van der Waals surface area contributed by atoms with E-state index in [9.17, 15) is 9.59 Å². The molecule has 3 aromatic carbocycles. The number of anilines is 2. The predicted octanol–water partition coefficient (Wildman–Crippen LogP) is 4.26. The van der Waals surface area contributed by atoms with Gasteiger partial charge in [0.2, 0.25) is 11.8 Å². The highest BCUT2D eigenvalue weighted by atomic mass is 32.2. The smallest absolute Gasteiger partial charge is 0.234 e. The number of benzene rings is 3. The molecule has 0 saturated heterocycles. The van der Waals surface area contributed by atoms with Crippen LogP contribution < -0.4 is 15.4 Å². The fourth-order valence-electron chi connectivity index (χ4n) is 3.65. The Hall–Kier alpha value is -2.99. The van der Waals surface area contributed by atoms with Gasteiger partial charge in [-0.1, -0.05) is 24.3 Å². The first kappa shape index (κ1) is 19.3. The van der Waals surface area contributed by atoms with Gasteiger partial charge in [0.25, 0.3) is 0 Å². The van der Waals surface area contributed by atoms with E-state index in [0.717, 1.165) is 29.7 Å². The minimum atomic E-state index is -0.140. The van der Waals surface area contributed by atoms with Gasteiger partial charge in [0.15, 0.2) is 0 Å². The third-order valence-electron chi connectivity index (χ3n) is 4.99. The van der Waals surface area contributed by atoms with Crippen LogP contribution in [0.15, 0.2) is 54.6 Å². The molecule has 6 heteroatoms. The van der Waals surface area contributed by atoms with Gasteiger partial charge in [0.1, 0.15) is 5.75 Å². The number of carbonyl (C=O) groups is 2. The van der Waals surface area contributed by atoms with E-state index in [2.05, 4.69) is 28.8 Å². The third-order valence-corrected chi connectivity index (χ3v) is 5.92. The van der Waals surface area contributed by atoms with E-state index in [-0.39, 0.29) is 23.3 Å². The number of nitrogens with one attached hydrogen (secondary N) is 2. The van der Waals surface area contributed by atoms with Crippen molar-refractivity contribution in [3.05, 3.63) is 65.7 Å². The number of methoxy groups -OCH3 is 1. The topological polar surface area (TPSA) is 67.4 Å². The van der Waals surface area contributed by atoms with Gasteiger partial charge in [-0.15, -0.1) is 11.8 Å². The molecule has 0 unspecified atom stereocenters. The van der Waals surface area contributed by atoms with E-state index in [4.69, 9.17) is 4.74 Å². The molecular formula is C23H22N2O3S. The molecule has 29 heavy (non-hydrogen) atoms. The molecule has 0 radical (unpaired) electrons. The maximum atomic E-state index is 12.4. The lowest BCUT2D eigenvalue weighted by Gasteiger charge is -2.11. The summed E-state index contributed by atoms with van der Waals surface area (Å²) in [6.45, 7) is 0. The number of thioether (sulfide) groups is 1. The summed E-state index contributed by atoms with van der Waals surface area (Å²) in [4.78, 5) is 24.4. The molecule has 148 valence electrons. The summed E-state index contributed by atoms with van der Waals surface area (Å²) in [5.74, 6) is 0.920. The quantitative estimate of drug-likeness (QED) is 0.615. The van der Waals surface area contributed by atoms with E-state index >= 15 is 0 Å². The number of amides is 2. The van der Waals surface area contributed by atoms with Crippen molar-refractivity contribution in [1.82, 2.24) is 0 Å². The highest BCUT2D eigenvalue weighted by molar-refractivity contribution is 8.00. The Morgan fingerprint density at radius 2 is 1.59 bits per heavy atom. The lowest BCUT2D eigenvalue weighted by Crippen LogP contribution is -2.18. The van der Waals surface area contributed by atoms with Crippen molar-refractivity contribution >= 4 is 45.7 Å². The molecule has 2 amide bonds. The SMILES string of the molecule is COc1ccc(NC(=O)CSCC(=O)Nc2ccc3c4c(cccc24)CC3)cc1. The molecule has 0 bridgehead atoms. The third kappa shape index (κ3) is 4.38. The maximum Gasteiger partial charge on any atom is 0.234 e. The largest absolute Gasteiger partial charge is 0.497 e. The molecule has 0 saturated carbocycles. The molecule has 0 atom stereocenters. The van der Waals surface area contributed by atoms with Crippen molar-refractivity contribution in [2.75, 3.05) is 29.2 Å². The zero-order chi connectivity index (χ0) is 20.2. The van der Waals surface area contributed by atoms with Crippen molar-refractivity contribution in [3.8, 4) is 5.75 Å². The summed E-state index contributed by atoms with van der Waals surface area (Å²) in [6, 6.07) is 17.5. The fraction of sp³-hybridized carbons (Fsp3) is 0.217. The standard InChI is InChI=1S/C23H22N2O3S/c1-28-18-10-8-17(9-11-18)24-21(26)13-29-14-22(27)25-20-12-7-16-6-5-15-3-2-4-19(20)23(15)16/h2-4,7-12H,5-6,13-14H2,1H3,(H,24,26)(H,25,27). The summed E-state index contributed by atoms with van der Waals surface area (Å²) in [7, 11) is 1.60. The fourth-order valence-corrected chi connectivity index (χ4v) is 4.27. The summed E-state index contributed by atoms with van der Waals surface area (Å²) in [5.41, 5.74) is 4.23. The summed E-state index contributed by atoms with van der Waals surface area (Å²) in [5, 5.41) is 8.18. The van der Waals surface area contributed by atoms with Crippen LogP contribution in [0, 0.1) is 0 Å². The van der Waals surface area contributed by atoms with Gasteiger partial charge in [-0.25, -0.2) is 0 Å². The van der Waals surface area contributed by atoms with Crippen molar-refractivity contribution in [1.29, 1.82) is 0 Å². The van der Waals surface area contributed by atoms with Crippen LogP contribution in [-0.4, -0.2) is 30.4 Å². The van der Waals surface area contributed by atoms with E-state index in [1.807, 2.05) is 12.1 Å². The normalized spacial score (nSPS) is 12.0. The zero-order valence-electron chi connectivity index (χ0n) is 16.2. The monoisotopic (exact) mass is 406 g/mol. The Balaban J connectivity index is 1.29. The number of ether oxygens (including phenoxy) is 1. The van der Waals surface area contributed by atoms with Crippen LogP contribution in [0.25, 0.3) is 10.8 Å². The molecule has 0 aromatic heterocycles. The average molecular weight is 407 g/mol. The number of hydrogen-bond acceptors (Lipinski definition) is 4. The molecule has 5 nitrogen and oxygen atoms in total. The van der Waals surface area contributed by atoms with Gasteiger partial charge in [0.05, 0.1) is 18.6 Å². The second kappa shape index (κ2) is 8.57. The van der Waals surface area contributed by atoms with Gasteiger partial charge in [-0.05, 0) is 59.7 Å². The summed E-state index contributed by atoms with van der Waals surface area (Å²) < 4.78 is 5.10. The summed E-state index contributed by atoms with van der Waals surface area (Å²) in [6.07, 6.45) is 2.12. The highest BCUT2D eigenvalue weighted by Crippen LogP contribution is 2.35. The molecule has 3 aromatic rings. The van der Waals surface area contributed by atoms with E-state index < -0.39 is 0 Å². The van der Waals surface area contributed by atoms with Crippen LogP contribution in [-0.2, 0) is 22.4 Å². The molecule has 1 aliphatic rings. The average Bonchev–Trinajstić information content (AvgIpc) is 3.15. The van der Waals surface area contributed by atoms with Crippen molar-refractivity contribution in [3.63, 3.8) is 0 Å². The van der Waals surface area contributed by atoms with Gasteiger partial charge in [-0.3, -0.25) is 9.59 Å². The van der Waals surface area contributed by atoms with Crippen molar-refractivity contribution in [2.24, 2.45) is 0 Å². The van der Waals surface area contributed by atoms with Crippen molar-refractivity contribution < 1.29 is 14.3 Å². The van der Waals surface area contributed by atoms with Crippen LogP contribution in [0.4, 0.5) is 11.4 Å². The van der Waals surface area contributed by atoms with E-state index in [1.165, 1.54) is 28.3 Å². The van der Waals surface area contributed by atoms with Crippen LogP contribution >= 0.6 is 11.8 Å². The van der Waals surface area contributed by atoms with E-state index in [1.54, 1.807) is 31.4 Å². The second-order valence-electron chi connectivity index (χ2n) is 6.93. The lowest BCUT2D eigenvalue weighted by molar-refractivity contribution is -0.114. The van der Waals surface area contributed by atoms with Gasteiger partial charge >= 0.3 is 0 Å². The minimum Gasteiger partial charge on any atom is -0.497 e. The maximum absolute atomic E-state index is 12.4. The molecule has 0 fully saturated rings. The van der Waals surface area contributed by atoms with E-state index in [0.29, 0.717) is 5.69 Å². The zero-order valence-corrected chi connectivity index (χ0v) is 17.0. The molecule has 0 aliphatic heterocycles. The molecule has 4 rings (SSSR count). The second-order valence-corrected chi connectivity index (χ2v) is 7.92. The van der Waals surface area contributed by atoms with Gasteiger partial charge in [-0.2, -0.15) is 0 Å². The molecular weight excluding hydrogens is 384 g/mol. The number of aryl methyl sites for hydroxylation is 2. The Bertz CT molecular complexity index is 1050. The molecule has 2 N–H and O–H groups in total. The Kier molecular flexibility index (Phi) is 5.71. The number of carbonyl (C=O) groups excluding carboxylic acids is 2. The van der Waals surface area contributed by atoms with Gasteiger partial charge < -0.3 is 15.4 Å². The molecule has 1 aliphatic carbocycles. The first-order valence-electron chi connectivity index (χ1n) is 9.49. The lowest BCUT2D eigenvalue weighted by atomic mass is 10.0. The summed E-state index contributed by atoms with van der Waals surface area (Å²) >= 11 is 1.29. The van der Waals surface area contributed by atoms with Crippen molar-refractivity contribution in [2.45, 2.75) is 12.8 Å². The van der Waals surface area contributed by atoms with Crippen LogP contribution in [0.2, 0.25) is 0 Å². The van der Waals surface area contributed by atoms with Gasteiger partial charge in [0, 0.05) is 16.8 Å². The Morgan fingerprint density at radius 3 is 2.31 bits per heavy atom. The Morgan fingerprint density at radius 1 is 0.897 bits per heavy atom. The molecule has 0 heterocycles. The number of hydrogen-bond donors (Lipinski definition) is 2.